The third-order valence-corrected chi connectivity index (χ3v) is 2.57. The Morgan fingerprint density at radius 3 is 2.19 bits per heavy atom. The van der Waals surface area contributed by atoms with Crippen molar-refractivity contribution in [2.45, 2.75) is 64.7 Å². The van der Waals surface area contributed by atoms with Gasteiger partial charge in [0.2, 0.25) is 0 Å². The Kier molecular flexibility index (Phi) is 11.5. The molecule has 0 fully saturated rings. The lowest BCUT2D eigenvalue weighted by Gasteiger charge is -1.97. The third kappa shape index (κ3) is 11.2. The summed E-state index contributed by atoms with van der Waals surface area (Å²) in [5.41, 5.74) is 0. The molecule has 0 heterocycles. The average molecular weight is 224 g/mol. The van der Waals surface area contributed by atoms with Gasteiger partial charge in [0.05, 0.1) is 0 Å². The highest BCUT2D eigenvalue weighted by atomic mass is 16.2. The maximum Gasteiger partial charge on any atom is 0.195 e. The van der Waals surface area contributed by atoms with Crippen molar-refractivity contribution in [1.82, 2.24) is 0 Å². The Balaban J connectivity index is 3.12. The Morgan fingerprint density at radius 1 is 0.938 bits per heavy atom. The van der Waals surface area contributed by atoms with Crippen LogP contribution >= 0.6 is 0 Å². The molecule has 0 unspecified atom stereocenters. The Hall–Kier alpha value is -0.920. The first-order chi connectivity index (χ1) is 7.81. The molecule has 2 heteroatoms. The summed E-state index contributed by atoms with van der Waals surface area (Å²) < 4.78 is 0. The van der Waals surface area contributed by atoms with Crippen molar-refractivity contribution in [3.8, 4) is 0 Å². The zero-order valence-corrected chi connectivity index (χ0v) is 10.4. The molecular formula is C14H24O2. The molecular weight excluding hydrogens is 200 g/mol. The van der Waals surface area contributed by atoms with E-state index in [4.69, 9.17) is 0 Å². The molecule has 0 aliphatic heterocycles. The molecule has 0 rings (SSSR count). The molecule has 0 spiro atoms. The SMILES string of the molecule is CCCC/C=C\CCCCCCC(=O)C=O. The Labute approximate surface area is 99.1 Å². The van der Waals surface area contributed by atoms with Crippen LogP contribution in [-0.4, -0.2) is 12.1 Å². The second kappa shape index (κ2) is 12.2. The van der Waals surface area contributed by atoms with Crippen LogP contribution in [0.2, 0.25) is 0 Å². The molecule has 0 N–H and O–H groups in total. The fraction of sp³-hybridized carbons (Fsp3) is 0.714. The van der Waals surface area contributed by atoms with E-state index in [1.54, 1.807) is 0 Å². The number of allylic oxidation sites excluding steroid dienone is 2. The summed E-state index contributed by atoms with van der Waals surface area (Å²) in [5.74, 6) is -0.264. The zero-order chi connectivity index (χ0) is 12.1. The van der Waals surface area contributed by atoms with Crippen LogP contribution in [0.3, 0.4) is 0 Å². The van der Waals surface area contributed by atoms with E-state index >= 15 is 0 Å². The molecule has 0 aliphatic rings. The molecule has 92 valence electrons. The molecule has 0 aliphatic carbocycles. The van der Waals surface area contributed by atoms with Crippen LogP contribution in [0.4, 0.5) is 0 Å². The molecule has 0 aromatic rings. The van der Waals surface area contributed by atoms with E-state index in [0.29, 0.717) is 12.7 Å². The van der Waals surface area contributed by atoms with Gasteiger partial charge in [0.15, 0.2) is 12.1 Å². The van der Waals surface area contributed by atoms with Gasteiger partial charge in [-0.2, -0.15) is 0 Å². The second-order valence-electron chi connectivity index (χ2n) is 4.15. The fourth-order valence-corrected chi connectivity index (χ4v) is 1.53. The van der Waals surface area contributed by atoms with Crippen molar-refractivity contribution in [2.75, 3.05) is 0 Å². The van der Waals surface area contributed by atoms with Crippen molar-refractivity contribution < 1.29 is 9.59 Å². The highest BCUT2D eigenvalue weighted by Gasteiger charge is 1.97. The second-order valence-corrected chi connectivity index (χ2v) is 4.15. The van der Waals surface area contributed by atoms with Gasteiger partial charge in [-0.15, -0.1) is 0 Å². The Morgan fingerprint density at radius 2 is 1.56 bits per heavy atom. The van der Waals surface area contributed by atoms with Crippen LogP contribution < -0.4 is 0 Å². The van der Waals surface area contributed by atoms with Crippen LogP contribution in [0.15, 0.2) is 12.2 Å². The van der Waals surface area contributed by atoms with Crippen LogP contribution in [-0.2, 0) is 9.59 Å². The lowest BCUT2D eigenvalue weighted by Crippen LogP contribution is -1.97. The summed E-state index contributed by atoms with van der Waals surface area (Å²) in [7, 11) is 0. The summed E-state index contributed by atoms with van der Waals surface area (Å²) >= 11 is 0. The molecule has 0 radical (unpaired) electrons. The molecule has 16 heavy (non-hydrogen) atoms. The summed E-state index contributed by atoms with van der Waals surface area (Å²) in [6, 6.07) is 0. The van der Waals surface area contributed by atoms with E-state index in [1.165, 1.54) is 25.7 Å². The Bertz CT molecular complexity index is 207. The minimum absolute atomic E-state index is 0.264. The molecule has 0 bridgehead atoms. The smallest absolute Gasteiger partial charge is 0.195 e. The number of carbonyl (C=O) groups is 2. The maximum atomic E-state index is 10.7. The normalized spacial score (nSPS) is 10.8. The summed E-state index contributed by atoms with van der Waals surface area (Å²) in [4.78, 5) is 20.7. The van der Waals surface area contributed by atoms with Gasteiger partial charge < -0.3 is 0 Å². The summed E-state index contributed by atoms with van der Waals surface area (Å²) in [5, 5.41) is 0. The number of ketones is 1. The number of hydrogen-bond acceptors (Lipinski definition) is 2. The highest BCUT2D eigenvalue weighted by molar-refractivity contribution is 6.24. The number of unbranched alkanes of at least 4 members (excludes halogenated alkanes) is 6. The van der Waals surface area contributed by atoms with Gasteiger partial charge in [-0.05, 0) is 25.7 Å². The van der Waals surface area contributed by atoms with Gasteiger partial charge >= 0.3 is 0 Å². The van der Waals surface area contributed by atoms with Gasteiger partial charge in [0, 0.05) is 6.42 Å². The fourth-order valence-electron chi connectivity index (χ4n) is 1.53. The van der Waals surface area contributed by atoms with E-state index in [1.807, 2.05) is 0 Å². The lowest BCUT2D eigenvalue weighted by molar-refractivity contribution is -0.129. The number of carbonyl (C=O) groups excluding carboxylic acids is 2. The van der Waals surface area contributed by atoms with E-state index in [9.17, 15) is 9.59 Å². The molecule has 0 aromatic carbocycles. The van der Waals surface area contributed by atoms with Crippen molar-refractivity contribution in [3.63, 3.8) is 0 Å². The highest BCUT2D eigenvalue weighted by Crippen LogP contribution is 2.06. The number of Topliss-reactive ketones (excluding diaryl/α,β-unsaturated/α-hetero) is 1. The van der Waals surface area contributed by atoms with Gasteiger partial charge in [0.25, 0.3) is 0 Å². The quantitative estimate of drug-likeness (QED) is 0.231. The minimum Gasteiger partial charge on any atom is -0.295 e. The molecule has 0 atom stereocenters. The largest absolute Gasteiger partial charge is 0.295 e. The van der Waals surface area contributed by atoms with Crippen LogP contribution in [0, 0.1) is 0 Å². The van der Waals surface area contributed by atoms with E-state index < -0.39 is 0 Å². The predicted molar refractivity (Wildman–Crippen MR) is 67.4 cm³/mol. The number of rotatable bonds is 11. The first kappa shape index (κ1) is 15.1. The van der Waals surface area contributed by atoms with Crippen molar-refractivity contribution in [1.29, 1.82) is 0 Å². The average Bonchev–Trinajstić information content (AvgIpc) is 2.31. The zero-order valence-electron chi connectivity index (χ0n) is 10.4. The summed E-state index contributed by atoms with van der Waals surface area (Å²) in [6.07, 6.45) is 14.5. The lowest BCUT2D eigenvalue weighted by atomic mass is 10.1. The number of aldehydes is 1. The van der Waals surface area contributed by atoms with E-state index in [0.717, 1.165) is 25.7 Å². The van der Waals surface area contributed by atoms with Crippen molar-refractivity contribution in [3.05, 3.63) is 12.2 Å². The molecule has 2 nitrogen and oxygen atoms in total. The molecule has 0 saturated carbocycles. The minimum atomic E-state index is -0.264. The van der Waals surface area contributed by atoms with Gasteiger partial charge in [-0.3, -0.25) is 9.59 Å². The van der Waals surface area contributed by atoms with Gasteiger partial charge in [-0.25, -0.2) is 0 Å². The predicted octanol–water partition coefficient (Wildman–Crippen LogP) is 3.84. The first-order valence-electron chi connectivity index (χ1n) is 6.44. The van der Waals surface area contributed by atoms with Crippen molar-refractivity contribution >= 4 is 12.1 Å². The molecule has 0 saturated heterocycles. The van der Waals surface area contributed by atoms with Crippen LogP contribution in [0.1, 0.15) is 64.7 Å². The van der Waals surface area contributed by atoms with Crippen LogP contribution in [0.5, 0.6) is 0 Å². The first-order valence-corrected chi connectivity index (χ1v) is 6.44. The monoisotopic (exact) mass is 224 g/mol. The topological polar surface area (TPSA) is 34.1 Å². The van der Waals surface area contributed by atoms with Gasteiger partial charge in [0.1, 0.15) is 0 Å². The maximum absolute atomic E-state index is 10.7. The molecule has 0 amide bonds. The number of hydrogen-bond donors (Lipinski definition) is 0. The van der Waals surface area contributed by atoms with E-state index in [-0.39, 0.29) is 5.78 Å². The molecule has 0 aromatic heterocycles. The third-order valence-electron chi connectivity index (χ3n) is 2.57. The standard InChI is InChI=1S/C14H24O2/c1-2-3-4-5-6-7-8-9-10-11-12-14(16)13-15/h5-6,13H,2-4,7-12H2,1H3/b6-5-. The van der Waals surface area contributed by atoms with Crippen molar-refractivity contribution in [2.24, 2.45) is 0 Å². The van der Waals surface area contributed by atoms with E-state index in [2.05, 4.69) is 19.1 Å². The van der Waals surface area contributed by atoms with Gasteiger partial charge in [-0.1, -0.05) is 44.8 Å². The van der Waals surface area contributed by atoms with Crippen LogP contribution in [0.25, 0.3) is 0 Å². The summed E-state index contributed by atoms with van der Waals surface area (Å²) in [6.45, 7) is 2.20.